The first-order valence-corrected chi connectivity index (χ1v) is 7.35. The van der Waals surface area contributed by atoms with Crippen LogP contribution in [0.4, 0.5) is 0 Å². The number of hydrogen-bond donors (Lipinski definition) is 1. The molecule has 0 radical (unpaired) electrons. The summed E-state index contributed by atoms with van der Waals surface area (Å²) in [6.07, 6.45) is 8.57. The fourth-order valence-corrected chi connectivity index (χ4v) is 2.78. The van der Waals surface area contributed by atoms with E-state index in [4.69, 9.17) is 4.42 Å². The Morgan fingerprint density at radius 3 is 3.00 bits per heavy atom. The third-order valence-corrected chi connectivity index (χ3v) is 4.28. The van der Waals surface area contributed by atoms with Gasteiger partial charge in [0.05, 0.1) is 12.8 Å². The summed E-state index contributed by atoms with van der Waals surface area (Å²) >= 11 is 0. The molecule has 1 aliphatic carbocycles. The van der Waals surface area contributed by atoms with Gasteiger partial charge in [-0.1, -0.05) is 6.42 Å². The average Bonchev–Trinajstić information content (AvgIpc) is 3.10. The van der Waals surface area contributed by atoms with E-state index in [1.54, 1.807) is 0 Å². The van der Waals surface area contributed by atoms with Gasteiger partial charge >= 0.3 is 0 Å². The zero-order chi connectivity index (χ0) is 12.4. The summed E-state index contributed by atoms with van der Waals surface area (Å²) in [5.74, 6) is 1.16. The molecule has 0 spiro atoms. The number of furan rings is 1. The van der Waals surface area contributed by atoms with Gasteiger partial charge in [-0.15, -0.1) is 0 Å². The van der Waals surface area contributed by atoms with Crippen molar-refractivity contribution < 1.29 is 4.42 Å². The van der Waals surface area contributed by atoms with Crippen LogP contribution < -0.4 is 5.32 Å². The van der Waals surface area contributed by atoms with Crippen LogP contribution in [-0.4, -0.2) is 23.5 Å². The molecule has 100 valence electrons. The molecule has 1 aliphatic heterocycles. The van der Waals surface area contributed by atoms with Crippen molar-refractivity contribution in [2.24, 2.45) is 0 Å². The van der Waals surface area contributed by atoms with Crippen LogP contribution in [0, 0.1) is 0 Å². The van der Waals surface area contributed by atoms with E-state index in [9.17, 15) is 0 Å². The van der Waals surface area contributed by atoms with Crippen LogP contribution in [0.15, 0.2) is 16.7 Å². The second-order valence-corrected chi connectivity index (χ2v) is 5.84. The quantitative estimate of drug-likeness (QED) is 0.868. The summed E-state index contributed by atoms with van der Waals surface area (Å²) in [5, 5.41) is 3.57. The lowest BCUT2D eigenvalue weighted by Gasteiger charge is -2.32. The third kappa shape index (κ3) is 2.96. The molecule has 0 aromatic carbocycles. The Morgan fingerprint density at radius 1 is 1.33 bits per heavy atom. The molecule has 18 heavy (non-hydrogen) atoms. The lowest BCUT2D eigenvalue weighted by atomic mass is 10.0. The highest BCUT2D eigenvalue weighted by Gasteiger charge is 2.23. The molecule has 1 saturated heterocycles. The number of rotatable bonds is 5. The first-order valence-electron chi connectivity index (χ1n) is 7.35. The maximum absolute atomic E-state index is 5.69. The summed E-state index contributed by atoms with van der Waals surface area (Å²) in [4.78, 5) is 2.56. The molecular formula is C15H24N2O. The van der Waals surface area contributed by atoms with E-state index >= 15 is 0 Å². The smallest absolute Gasteiger partial charge is 0.122 e. The monoisotopic (exact) mass is 248 g/mol. The van der Waals surface area contributed by atoms with E-state index < -0.39 is 0 Å². The van der Waals surface area contributed by atoms with Crippen molar-refractivity contribution in [1.29, 1.82) is 0 Å². The second-order valence-electron chi connectivity index (χ2n) is 5.84. The number of piperidine rings is 1. The van der Waals surface area contributed by atoms with Crippen LogP contribution in [-0.2, 0) is 13.1 Å². The largest absolute Gasteiger partial charge is 0.468 e. The van der Waals surface area contributed by atoms with Gasteiger partial charge in [-0.3, -0.25) is 4.90 Å². The molecule has 1 unspecified atom stereocenters. The van der Waals surface area contributed by atoms with Gasteiger partial charge in [0.15, 0.2) is 0 Å². The Labute approximate surface area is 110 Å². The molecular weight excluding hydrogens is 224 g/mol. The molecule has 1 aromatic rings. The lowest BCUT2D eigenvalue weighted by molar-refractivity contribution is 0.141. The summed E-state index contributed by atoms with van der Waals surface area (Å²) in [6.45, 7) is 5.51. The van der Waals surface area contributed by atoms with Crippen LogP contribution >= 0.6 is 0 Å². The molecule has 2 fully saturated rings. The van der Waals surface area contributed by atoms with Crippen molar-refractivity contribution in [3.63, 3.8) is 0 Å². The Hall–Kier alpha value is -0.800. The van der Waals surface area contributed by atoms with Gasteiger partial charge in [0.2, 0.25) is 0 Å². The van der Waals surface area contributed by atoms with Gasteiger partial charge in [0, 0.05) is 24.2 Å². The number of hydrogen-bond acceptors (Lipinski definition) is 3. The maximum atomic E-state index is 5.69. The molecule has 2 heterocycles. The molecule has 1 aromatic heterocycles. The van der Waals surface area contributed by atoms with Crippen molar-refractivity contribution in [2.75, 3.05) is 6.54 Å². The minimum Gasteiger partial charge on any atom is -0.468 e. The zero-order valence-electron chi connectivity index (χ0n) is 11.3. The fourth-order valence-electron chi connectivity index (χ4n) is 2.78. The summed E-state index contributed by atoms with van der Waals surface area (Å²) < 4.78 is 5.69. The van der Waals surface area contributed by atoms with Crippen LogP contribution in [0.5, 0.6) is 0 Å². The molecule has 1 saturated carbocycles. The topological polar surface area (TPSA) is 28.4 Å². The molecule has 0 bridgehead atoms. The first kappa shape index (κ1) is 12.2. The number of likely N-dealkylation sites (tertiary alicyclic amines) is 1. The third-order valence-electron chi connectivity index (χ3n) is 4.28. The SMILES string of the molecule is CC1CCCCN1Cc1occc1CNC1CC1. The van der Waals surface area contributed by atoms with Crippen LogP contribution in [0.1, 0.15) is 50.4 Å². The Bertz CT molecular complexity index is 384. The fraction of sp³-hybridized carbons (Fsp3) is 0.733. The van der Waals surface area contributed by atoms with Gasteiger partial charge in [-0.25, -0.2) is 0 Å². The maximum Gasteiger partial charge on any atom is 0.122 e. The van der Waals surface area contributed by atoms with E-state index in [1.165, 1.54) is 44.2 Å². The Balaban J connectivity index is 1.58. The van der Waals surface area contributed by atoms with Gasteiger partial charge in [0.25, 0.3) is 0 Å². The summed E-state index contributed by atoms with van der Waals surface area (Å²) in [6, 6.07) is 3.59. The molecule has 3 nitrogen and oxygen atoms in total. The molecule has 3 heteroatoms. The molecule has 1 atom stereocenters. The minimum atomic E-state index is 0.702. The summed E-state index contributed by atoms with van der Waals surface area (Å²) in [7, 11) is 0. The van der Waals surface area contributed by atoms with Crippen molar-refractivity contribution in [3.8, 4) is 0 Å². The van der Waals surface area contributed by atoms with Crippen molar-refractivity contribution >= 4 is 0 Å². The highest BCUT2D eigenvalue weighted by Crippen LogP contribution is 2.23. The van der Waals surface area contributed by atoms with Crippen LogP contribution in [0.3, 0.4) is 0 Å². The molecule has 2 aliphatic rings. The minimum absolute atomic E-state index is 0.702. The normalized spacial score (nSPS) is 25.5. The zero-order valence-corrected chi connectivity index (χ0v) is 11.3. The average molecular weight is 248 g/mol. The van der Waals surface area contributed by atoms with Gasteiger partial charge in [-0.2, -0.15) is 0 Å². The Morgan fingerprint density at radius 2 is 2.22 bits per heavy atom. The van der Waals surface area contributed by atoms with Crippen molar-refractivity contribution in [1.82, 2.24) is 10.2 Å². The Kier molecular flexibility index (Phi) is 3.71. The van der Waals surface area contributed by atoms with E-state index in [1.807, 2.05) is 6.26 Å². The first-order chi connectivity index (χ1) is 8.83. The van der Waals surface area contributed by atoms with E-state index in [0.717, 1.165) is 24.9 Å². The standard InChI is InChI=1S/C15H24N2O/c1-12-4-2-3-8-17(12)11-15-13(7-9-18-15)10-16-14-5-6-14/h7,9,12,14,16H,2-6,8,10-11H2,1H3. The van der Waals surface area contributed by atoms with Crippen molar-refractivity contribution in [3.05, 3.63) is 23.7 Å². The second kappa shape index (κ2) is 5.45. The van der Waals surface area contributed by atoms with Crippen LogP contribution in [0.2, 0.25) is 0 Å². The number of nitrogens with one attached hydrogen (secondary N) is 1. The van der Waals surface area contributed by atoms with E-state index in [0.29, 0.717) is 6.04 Å². The van der Waals surface area contributed by atoms with Gasteiger partial charge < -0.3 is 9.73 Å². The predicted octanol–water partition coefficient (Wildman–Crippen LogP) is 2.91. The lowest BCUT2D eigenvalue weighted by Crippen LogP contribution is -2.37. The molecule has 3 rings (SSSR count). The molecule has 0 amide bonds. The van der Waals surface area contributed by atoms with Crippen molar-refractivity contribution in [2.45, 2.75) is 64.2 Å². The van der Waals surface area contributed by atoms with Gasteiger partial charge in [0.1, 0.15) is 5.76 Å². The highest BCUT2D eigenvalue weighted by atomic mass is 16.3. The highest BCUT2D eigenvalue weighted by molar-refractivity contribution is 5.17. The summed E-state index contributed by atoms with van der Waals surface area (Å²) in [5.41, 5.74) is 1.35. The number of nitrogens with zero attached hydrogens (tertiary/aromatic N) is 1. The molecule has 1 N–H and O–H groups in total. The van der Waals surface area contributed by atoms with Crippen LogP contribution in [0.25, 0.3) is 0 Å². The predicted molar refractivity (Wildman–Crippen MR) is 72.3 cm³/mol. The van der Waals surface area contributed by atoms with E-state index in [-0.39, 0.29) is 0 Å². The van der Waals surface area contributed by atoms with Gasteiger partial charge in [-0.05, 0) is 45.2 Å². The van der Waals surface area contributed by atoms with E-state index in [2.05, 4.69) is 23.2 Å².